The molecule has 5 nitrogen and oxygen atoms in total. The van der Waals surface area contributed by atoms with Crippen molar-refractivity contribution in [3.63, 3.8) is 0 Å². The highest BCUT2D eigenvalue weighted by Crippen LogP contribution is 2.20. The molecule has 0 spiro atoms. The molecule has 1 N–H and O–H groups in total. The second kappa shape index (κ2) is 13.2. The number of halogens is 5. The summed E-state index contributed by atoms with van der Waals surface area (Å²) in [4.78, 5) is 0. The van der Waals surface area contributed by atoms with Crippen LogP contribution < -0.4 is 4.57 Å². The topological polar surface area (TPSA) is 63.2 Å². The predicted molar refractivity (Wildman–Crippen MR) is 83.3 cm³/mol. The quantitative estimate of drug-likeness (QED) is 0.294. The molecule has 0 amide bonds. The number of hydrogen-bond acceptors (Lipinski definition) is 2. The van der Waals surface area contributed by atoms with Crippen molar-refractivity contribution >= 4 is 69.7 Å². The van der Waals surface area contributed by atoms with Crippen molar-refractivity contribution < 1.29 is 30.7 Å². The molecule has 1 aromatic rings. The summed E-state index contributed by atoms with van der Waals surface area (Å²) >= 11 is 0. The van der Waals surface area contributed by atoms with Crippen LogP contribution in [0, 0.1) is 0 Å². The summed E-state index contributed by atoms with van der Waals surface area (Å²) in [7, 11) is -3.82. The molecule has 0 aromatic carbocycles. The average Bonchev–Trinajstić information content (AvgIpc) is 2.48. The molecule has 13 heteroatoms. The first-order chi connectivity index (χ1) is 7.08. The van der Waals surface area contributed by atoms with Gasteiger partial charge in [0, 0.05) is 0 Å². The Balaban J connectivity index is -0.0000000625. The summed E-state index contributed by atoms with van der Waals surface area (Å²) in [6.07, 6.45) is 6.14. The number of rotatable bonds is 1. The van der Waals surface area contributed by atoms with Gasteiger partial charge < -0.3 is 0 Å². The van der Waals surface area contributed by atoms with Crippen LogP contribution in [0.5, 0.6) is 0 Å². The molecule has 0 aliphatic carbocycles. The van der Waals surface area contributed by atoms with E-state index in [0.29, 0.717) is 0 Å². The lowest BCUT2D eigenvalue weighted by Gasteiger charge is -1.97. The van der Waals surface area contributed by atoms with Gasteiger partial charge in [0.05, 0.1) is 13.6 Å². The van der Waals surface area contributed by atoms with E-state index >= 15 is 0 Å². The zero-order valence-electron chi connectivity index (χ0n) is 9.46. The lowest BCUT2D eigenvalue weighted by Crippen LogP contribution is -2.28. The van der Waals surface area contributed by atoms with Crippen LogP contribution in [0.4, 0.5) is 13.2 Å². The van der Waals surface area contributed by atoms with Crippen molar-refractivity contribution in [3.8, 4) is 0 Å². The molecule has 0 saturated heterocycles. The van der Waals surface area contributed by atoms with E-state index in [1.54, 1.807) is 0 Å². The Morgan fingerprint density at radius 2 is 1.60 bits per heavy atom. The Kier molecular flexibility index (Phi) is 21.5. The first kappa shape index (κ1) is 32.5. The van der Waals surface area contributed by atoms with Gasteiger partial charge in [-0.2, -0.15) is 21.6 Å². The van der Waals surface area contributed by atoms with E-state index in [2.05, 4.69) is 24.0 Å². The van der Waals surface area contributed by atoms with Gasteiger partial charge >= 0.3 is 15.6 Å². The van der Waals surface area contributed by atoms with Crippen LogP contribution in [0.15, 0.2) is 18.7 Å². The summed E-state index contributed by atoms with van der Waals surface area (Å²) in [6.45, 7) is 3.18. The van der Waals surface area contributed by atoms with E-state index in [1.165, 1.54) is 0 Å². The van der Waals surface area contributed by atoms with Crippen molar-refractivity contribution in [2.24, 2.45) is 7.05 Å². The smallest absolute Gasteiger partial charge is 0.279 e. The normalized spacial score (nSPS) is 9.50. The van der Waals surface area contributed by atoms with Gasteiger partial charge in [-0.15, -0.1) is 24.8 Å². The maximum absolute atomic E-state index is 10.7. The van der Waals surface area contributed by atoms with Crippen LogP contribution >= 0.6 is 24.8 Å². The molecule has 1 aromatic heterocycles. The Labute approximate surface area is 149 Å². The van der Waals surface area contributed by atoms with E-state index in [1.807, 2.05) is 17.8 Å². The van der Waals surface area contributed by atoms with Gasteiger partial charge in [0.1, 0.15) is 12.4 Å². The summed E-state index contributed by atoms with van der Waals surface area (Å²) in [5.74, 6) is 0. The summed E-state index contributed by atoms with van der Waals surface area (Å²) in [5, 5.41) is 0. The molecule has 0 aliphatic rings. The monoisotopic (exact) mass is 393 g/mol. The van der Waals surface area contributed by atoms with Crippen molar-refractivity contribution in [1.82, 2.24) is 4.57 Å². The Morgan fingerprint density at radius 1 is 1.25 bits per heavy atom. The van der Waals surface area contributed by atoms with Crippen molar-refractivity contribution in [3.05, 3.63) is 18.7 Å². The van der Waals surface area contributed by atoms with Gasteiger partial charge in [-0.3, -0.25) is 4.55 Å². The first-order valence-electron chi connectivity index (χ1n) is 4.12. The lowest BCUT2D eigenvalue weighted by molar-refractivity contribution is -0.693. The number of hydrogen-bond donors (Lipinski definition) is 1. The van der Waals surface area contributed by atoms with E-state index < -0.39 is 15.6 Å². The number of imidazole rings is 1. The first-order valence-corrected chi connectivity index (χ1v) is 5.56. The van der Waals surface area contributed by atoms with Gasteiger partial charge in [0.25, 0.3) is 0 Å². The minimum atomic E-state index is -5.84. The molecule has 1 heterocycles. The summed E-state index contributed by atoms with van der Waals surface area (Å²) in [6, 6.07) is 0. The molecule has 0 unspecified atom stereocenters. The highest BCUT2D eigenvalue weighted by Gasteiger charge is 2.44. The molecular formula is C7H20Al2Cl2F3N2O3S+. The molecule has 20 heavy (non-hydrogen) atoms. The number of aromatic nitrogens is 2. The van der Waals surface area contributed by atoms with E-state index in [-0.39, 0.29) is 59.5 Å². The zero-order valence-corrected chi connectivity index (χ0v) is 11.9. The van der Waals surface area contributed by atoms with E-state index in [4.69, 9.17) is 13.0 Å². The van der Waals surface area contributed by atoms with Gasteiger partial charge in [-0.25, -0.2) is 9.13 Å². The van der Waals surface area contributed by atoms with E-state index in [9.17, 15) is 13.2 Å². The minimum Gasteiger partial charge on any atom is -0.279 e. The van der Waals surface area contributed by atoms with Crippen molar-refractivity contribution in [2.45, 2.75) is 19.0 Å². The zero-order chi connectivity index (χ0) is 13.0. The fraction of sp³-hybridized carbons (Fsp3) is 0.571. The van der Waals surface area contributed by atoms with Gasteiger partial charge in [-0.05, 0) is 6.92 Å². The third-order valence-electron chi connectivity index (χ3n) is 1.48. The molecule has 0 saturated carbocycles. The van der Waals surface area contributed by atoms with Crippen LogP contribution in [0.25, 0.3) is 0 Å². The average molecular weight is 394 g/mol. The number of aryl methyl sites for hydroxylation is 2. The highest BCUT2D eigenvalue weighted by atomic mass is 35.5. The van der Waals surface area contributed by atoms with Crippen LogP contribution in [0.1, 0.15) is 6.92 Å². The Hall–Kier alpha value is 0.555. The third-order valence-corrected chi connectivity index (χ3v) is 2.07. The largest absolute Gasteiger partial charge is 0.522 e. The molecule has 0 radical (unpaired) electrons. The number of nitrogens with zero attached hydrogens (tertiary/aromatic N) is 2. The molecule has 0 bridgehead atoms. The fourth-order valence-corrected chi connectivity index (χ4v) is 0.689. The van der Waals surface area contributed by atoms with Crippen molar-refractivity contribution in [2.75, 3.05) is 0 Å². The second-order valence-corrected chi connectivity index (χ2v) is 4.24. The standard InChI is InChI=1S/C6H11N2.CHF3O3S.2Al.2ClH.6H/c1-3-8-5-4-7(2)6-8;2-1(3,4)8(5,6)7;;;;;;;;;;/h4-6H,3H2,1-2H3;(H,5,6,7);;;2*1H;;;;;;/q+1;;;;;;;;;;;. The molecule has 0 fully saturated rings. The van der Waals surface area contributed by atoms with Gasteiger partial charge in [0.15, 0.2) is 34.7 Å². The number of alkyl halides is 3. The molecular weight excluding hydrogens is 374 g/mol. The second-order valence-electron chi connectivity index (χ2n) is 2.83. The SMILES string of the molecule is CC[n+]1ccn(C)c1.Cl.Cl.O=S(=O)(O)C(F)(F)F.[AlH3].[AlH3]. The van der Waals surface area contributed by atoms with Crippen LogP contribution in [0.3, 0.4) is 0 Å². The maximum Gasteiger partial charge on any atom is 0.522 e. The molecule has 0 atom stereocenters. The highest BCUT2D eigenvalue weighted by molar-refractivity contribution is 7.86. The molecule has 0 aliphatic heterocycles. The van der Waals surface area contributed by atoms with Crippen LogP contribution in [0.2, 0.25) is 0 Å². The summed E-state index contributed by atoms with van der Waals surface area (Å²) in [5.41, 5.74) is -5.53. The van der Waals surface area contributed by atoms with Crippen molar-refractivity contribution in [1.29, 1.82) is 0 Å². The molecule has 1 rings (SSSR count). The maximum atomic E-state index is 10.7. The van der Waals surface area contributed by atoms with Crippen LogP contribution in [-0.4, -0.2) is 57.8 Å². The predicted octanol–water partition coefficient (Wildman–Crippen LogP) is -0.798. The van der Waals surface area contributed by atoms with Crippen LogP contribution in [-0.2, 0) is 23.7 Å². The van der Waals surface area contributed by atoms with E-state index in [0.717, 1.165) is 6.54 Å². The molecule has 122 valence electrons. The van der Waals surface area contributed by atoms with Gasteiger partial charge in [-0.1, -0.05) is 0 Å². The Bertz CT molecular complexity index is 443. The third kappa shape index (κ3) is 13.5. The minimum absolute atomic E-state index is 0. The fourth-order valence-electron chi connectivity index (χ4n) is 0.689. The lowest BCUT2D eigenvalue weighted by atomic mass is 10.7. The summed E-state index contributed by atoms with van der Waals surface area (Å²) < 4.78 is 61.7. The van der Waals surface area contributed by atoms with Gasteiger partial charge in [0.2, 0.25) is 6.33 Å². The Morgan fingerprint density at radius 3 is 1.70 bits per heavy atom.